The van der Waals surface area contributed by atoms with Crippen molar-refractivity contribution in [1.82, 2.24) is 10.6 Å². The highest BCUT2D eigenvalue weighted by Gasteiger charge is 2.28. The minimum atomic E-state index is -4.37. The molecule has 0 saturated carbocycles. The van der Waals surface area contributed by atoms with E-state index >= 15 is 0 Å². The molecule has 0 heterocycles. The van der Waals surface area contributed by atoms with Gasteiger partial charge in [-0.25, -0.2) is 13.4 Å². The van der Waals surface area contributed by atoms with Crippen LogP contribution in [0.1, 0.15) is 25.8 Å². The monoisotopic (exact) mass is 537 g/mol. The van der Waals surface area contributed by atoms with Gasteiger partial charge in [0.05, 0.1) is 12.3 Å². The summed E-state index contributed by atoms with van der Waals surface area (Å²) in [5.74, 6) is 0.760. The predicted molar refractivity (Wildman–Crippen MR) is 115 cm³/mol. The van der Waals surface area contributed by atoms with Crippen molar-refractivity contribution < 1.29 is 26.3 Å². The van der Waals surface area contributed by atoms with Crippen LogP contribution in [0.5, 0.6) is 5.75 Å². The van der Waals surface area contributed by atoms with Gasteiger partial charge in [0.25, 0.3) is 0 Å². The molecule has 0 aromatic heterocycles. The normalized spacial score (nSPS) is 13.4. The number of nitrogens with one attached hydrogen (secondary N) is 2. The molecule has 2 N–H and O–H groups in total. The Balaban J connectivity index is 0.00000729. The number of hydrogen-bond donors (Lipinski definition) is 2. The van der Waals surface area contributed by atoms with Gasteiger partial charge in [0.1, 0.15) is 15.6 Å². The minimum Gasteiger partial charge on any atom is -0.484 e. The Morgan fingerprint density at radius 1 is 1.25 bits per heavy atom. The molecule has 0 spiro atoms. The Bertz CT molecular complexity index is 711. The van der Waals surface area contributed by atoms with Crippen molar-refractivity contribution in [2.45, 2.75) is 39.0 Å². The van der Waals surface area contributed by atoms with E-state index in [1.165, 1.54) is 18.4 Å². The molecule has 0 radical (unpaired) electrons. The lowest BCUT2D eigenvalue weighted by Gasteiger charge is -2.17. The van der Waals surface area contributed by atoms with Gasteiger partial charge >= 0.3 is 6.18 Å². The molecule has 11 heteroatoms. The van der Waals surface area contributed by atoms with Crippen LogP contribution < -0.4 is 15.4 Å². The largest absolute Gasteiger partial charge is 0.484 e. The maximum Gasteiger partial charge on any atom is 0.422 e. The third-order valence-corrected chi connectivity index (χ3v) is 4.37. The Hall–Kier alpha value is -1.24. The van der Waals surface area contributed by atoms with Crippen LogP contribution >= 0.6 is 24.0 Å². The fourth-order valence-corrected chi connectivity index (χ4v) is 2.82. The number of nitrogens with zero attached hydrogens (tertiary/aromatic N) is 1. The molecule has 1 rings (SSSR count). The van der Waals surface area contributed by atoms with Gasteiger partial charge in [-0.05, 0) is 38.0 Å². The smallest absolute Gasteiger partial charge is 0.422 e. The first kappa shape index (κ1) is 26.8. The molecule has 6 nitrogen and oxygen atoms in total. The molecule has 0 aliphatic heterocycles. The highest BCUT2D eigenvalue weighted by molar-refractivity contribution is 14.0. The second kappa shape index (κ2) is 12.3. The lowest BCUT2D eigenvalue weighted by molar-refractivity contribution is -0.153. The van der Waals surface area contributed by atoms with Crippen LogP contribution in [0, 0.1) is 0 Å². The highest BCUT2D eigenvalue weighted by Crippen LogP contribution is 2.19. The van der Waals surface area contributed by atoms with Crippen LogP contribution in [0.3, 0.4) is 0 Å². The minimum absolute atomic E-state index is 0. The van der Waals surface area contributed by atoms with E-state index in [-0.39, 0.29) is 41.5 Å². The SMILES string of the molecule is CCNC(=NCc1ccc(OCC(F)(F)F)cc1)NC(C)CCS(C)(=O)=O.I. The van der Waals surface area contributed by atoms with E-state index in [1.54, 1.807) is 12.1 Å². The second-order valence-corrected chi connectivity index (χ2v) is 8.47. The van der Waals surface area contributed by atoms with Crippen molar-refractivity contribution in [3.8, 4) is 5.75 Å². The van der Waals surface area contributed by atoms with Crippen LogP contribution in [0.15, 0.2) is 29.3 Å². The maximum atomic E-state index is 12.1. The summed E-state index contributed by atoms with van der Waals surface area (Å²) in [7, 11) is -3.02. The molecular formula is C17H27F3IN3O3S. The second-order valence-electron chi connectivity index (χ2n) is 6.21. The summed E-state index contributed by atoms with van der Waals surface area (Å²) < 4.78 is 63.6. The molecule has 28 heavy (non-hydrogen) atoms. The lowest BCUT2D eigenvalue weighted by atomic mass is 10.2. The molecule has 0 aliphatic rings. The molecule has 0 amide bonds. The van der Waals surface area contributed by atoms with Crippen molar-refractivity contribution >= 4 is 39.8 Å². The number of alkyl halides is 3. The number of halogens is 4. The quantitative estimate of drug-likeness (QED) is 0.288. The summed E-state index contributed by atoms with van der Waals surface area (Å²) in [4.78, 5) is 4.41. The van der Waals surface area contributed by atoms with Crippen molar-refractivity contribution in [2.24, 2.45) is 4.99 Å². The number of ether oxygens (including phenoxy) is 1. The molecule has 0 fully saturated rings. The van der Waals surface area contributed by atoms with Crippen molar-refractivity contribution in [3.05, 3.63) is 29.8 Å². The van der Waals surface area contributed by atoms with E-state index in [9.17, 15) is 21.6 Å². The van der Waals surface area contributed by atoms with E-state index in [0.717, 1.165) is 5.56 Å². The van der Waals surface area contributed by atoms with Gasteiger partial charge in [0, 0.05) is 18.8 Å². The predicted octanol–water partition coefficient (Wildman–Crippen LogP) is 3.12. The zero-order valence-electron chi connectivity index (χ0n) is 16.0. The van der Waals surface area contributed by atoms with Crippen LogP contribution in [0.2, 0.25) is 0 Å². The van der Waals surface area contributed by atoms with Crippen molar-refractivity contribution in [3.63, 3.8) is 0 Å². The maximum absolute atomic E-state index is 12.1. The fraction of sp³-hybridized carbons (Fsp3) is 0.588. The van der Waals surface area contributed by atoms with Crippen LogP contribution in [0.4, 0.5) is 13.2 Å². The summed E-state index contributed by atoms with van der Waals surface area (Å²) in [5.41, 5.74) is 0.801. The molecule has 1 atom stereocenters. The first-order chi connectivity index (χ1) is 12.5. The summed E-state index contributed by atoms with van der Waals surface area (Å²) >= 11 is 0. The number of guanidine groups is 1. The molecule has 1 aromatic carbocycles. The Kier molecular flexibility index (Phi) is 11.8. The Labute approximate surface area is 181 Å². The van der Waals surface area contributed by atoms with Gasteiger partial charge in [-0.15, -0.1) is 24.0 Å². The topological polar surface area (TPSA) is 79.8 Å². The van der Waals surface area contributed by atoms with Gasteiger partial charge in [0.15, 0.2) is 12.6 Å². The zero-order valence-corrected chi connectivity index (χ0v) is 19.2. The summed E-state index contributed by atoms with van der Waals surface area (Å²) in [6.07, 6.45) is -2.72. The number of benzene rings is 1. The van der Waals surface area contributed by atoms with Crippen molar-refractivity contribution in [2.75, 3.05) is 25.2 Å². The molecule has 0 saturated heterocycles. The molecule has 1 aromatic rings. The average molecular weight is 537 g/mol. The first-order valence-corrected chi connectivity index (χ1v) is 10.6. The number of aliphatic imine (C=N–C) groups is 1. The van der Waals surface area contributed by atoms with Crippen molar-refractivity contribution in [1.29, 1.82) is 0 Å². The van der Waals surface area contributed by atoms with Crippen LogP contribution in [0.25, 0.3) is 0 Å². The molecule has 0 aliphatic carbocycles. The third-order valence-electron chi connectivity index (χ3n) is 3.39. The lowest BCUT2D eigenvalue weighted by Crippen LogP contribution is -2.42. The van der Waals surface area contributed by atoms with E-state index in [1.807, 2.05) is 13.8 Å². The van der Waals surface area contributed by atoms with E-state index in [2.05, 4.69) is 20.4 Å². The number of hydrogen-bond acceptors (Lipinski definition) is 4. The molecule has 162 valence electrons. The first-order valence-electron chi connectivity index (χ1n) is 8.49. The third kappa shape index (κ3) is 13.0. The standard InChI is InChI=1S/C17H26F3N3O3S.HI/c1-4-21-16(23-13(2)9-10-27(3,24)25)22-11-14-5-7-15(8-6-14)26-12-17(18,19)20;/h5-8,13H,4,9-12H2,1-3H3,(H2,21,22,23);1H. The summed E-state index contributed by atoms with van der Waals surface area (Å²) in [6, 6.07) is 6.13. The van der Waals surface area contributed by atoms with Gasteiger partial charge in [-0.1, -0.05) is 12.1 Å². The Morgan fingerprint density at radius 2 is 1.86 bits per heavy atom. The zero-order chi connectivity index (χ0) is 20.5. The van der Waals surface area contributed by atoms with Gasteiger partial charge in [0.2, 0.25) is 0 Å². The van der Waals surface area contributed by atoms with Crippen LogP contribution in [-0.2, 0) is 16.4 Å². The molecule has 1 unspecified atom stereocenters. The number of rotatable bonds is 9. The Morgan fingerprint density at radius 3 is 2.36 bits per heavy atom. The highest BCUT2D eigenvalue weighted by atomic mass is 127. The van der Waals surface area contributed by atoms with Gasteiger partial charge < -0.3 is 15.4 Å². The summed E-state index contributed by atoms with van der Waals surface area (Å²) in [5, 5.41) is 6.20. The van der Waals surface area contributed by atoms with E-state index in [4.69, 9.17) is 0 Å². The summed E-state index contributed by atoms with van der Waals surface area (Å²) in [6.45, 7) is 3.39. The van der Waals surface area contributed by atoms with Gasteiger partial charge in [-0.3, -0.25) is 0 Å². The van der Waals surface area contributed by atoms with E-state index < -0.39 is 22.6 Å². The van der Waals surface area contributed by atoms with Gasteiger partial charge in [-0.2, -0.15) is 13.2 Å². The van der Waals surface area contributed by atoms with E-state index in [0.29, 0.717) is 25.5 Å². The van der Waals surface area contributed by atoms with Crippen LogP contribution in [-0.4, -0.2) is 51.8 Å². The molecular weight excluding hydrogens is 510 g/mol. The molecule has 0 bridgehead atoms. The average Bonchev–Trinajstić information content (AvgIpc) is 2.56. The number of sulfone groups is 1. The fourth-order valence-electron chi connectivity index (χ4n) is 2.04.